The molecule has 1 aromatic carbocycles. The van der Waals surface area contributed by atoms with E-state index in [4.69, 9.17) is 30.1 Å². The van der Waals surface area contributed by atoms with E-state index < -0.39 is 7.82 Å². The van der Waals surface area contributed by atoms with E-state index in [0.29, 0.717) is 6.54 Å². The molecule has 208 valence electrons. The van der Waals surface area contributed by atoms with Crippen LogP contribution in [-0.2, 0) is 11.1 Å². The molecule has 0 aliphatic heterocycles. The fraction of sp³-hybridized carbons (Fsp3) is 0.778. The highest BCUT2D eigenvalue weighted by Crippen LogP contribution is 2.25. The van der Waals surface area contributed by atoms with Crippen LogP contribution in [0.3, 0.4) is 0 Å². The van der Waals surface area contributed by atoms with Gasteiger partial charge < -0.3 is 30.0 Å². The smallest absolute Gasteiger partial charge is 0.395 e. The Morgan fingerprint density at radius 1 is 0.743 bits per heavy atom. The van der Waals surface area contributed by atoms with E-state index in [1.54, 1.807) is 0 Å². The largest absolute Gasteiger partial charge is 0.466 e. The summed E-state index contributed by atoms with van der Waals surface area (Å²) in [5.74, 6) is 0. The summed E-state index contributed by atoms with van der Waals surface area (Å²) in [5.41, 5.74) is 6.24. The molecular weight excluding hydrogens is 463 g/mol. The van der Waals surface area contributed by atoms with E-state index in [1.165, 1.54) is 102 Å². The second-order valence-corrected chi connectivity index (χ2v) is 11.0. The highest BCUT2D eigenvalue weighted by atomic mass is 31.2. The number of aliphatic hydroxyl groups is 1. The summed E-state index contributed by atoms with van der Waals surface area (Å²) in [6.45, 7) is 5.22. The second kappa shape index (κ2) is 24.9. The highest BCUT2D eigenvalue weighted by molar-refractivity contribution is 7.45. The third kappa shape index (κ3) is 35.4. The van der Waals surface area contributed by atoms with E-state index in [-0.39, 0.29) is 6.61 Å². The third-order valence-corrected chi connectivity index (χ3v) is 5.70. The number of hydrogen-bond donors (Lipinski definition) is 5. The first kappa shape index (κ1) is 36.4. The van der Waals surface area contributed by atoms with Crippen LogP contribution in [0, 0.1) is 0 Å². The summed E-state index contributed by atoms with van der Waals surface area (Å²) >= 11 is 0. The quantitative estimate of drug-likeness (QED) is 0.0955. The Morgan fingerprint density at radius 2 is 1.09 bits per heavy atom. The molecule has 0 radical (unpaired) electrons. The van der Waals surface area contributed by atoms with E-state index in [0.717, 1.165) is 11.0 Å². The maximum atomic E-state index is 8.88. The molecule has 0 amide bonds. The summed E-state index contributed by atoms with van der Waals surface area (Å²) in [6, 6.07) is 10.9. The summed E-state index contributed by atoms with van der Waals surface area (Å²) in [4.78, 5) is 21.6. The zero-order valence-electron chi connectivity index (χ0n) is 22.8. The number of aliphatic hydroxyl groups excluding tert-OH is 1. The maximum absolute atomic E-state index is 8.88. The number of hydrogen-bond acceptors (Lipinski definition) is 3. The second-order valence-electron chi connectivity index (χ2n) is 9.92. The highest BCUT2D eigenvalue weighted by Gasteiger charge is 2.14. The molecule has 7 nitrogen and oxygen atoms in total. The van der Waals surface area contributed by atoms with Crippen LogP contribution in [-0.4, -0.2) is 58.1 Å². The monoisotopic (exact) mass is 519 g/mol. The topological polar surface area (TPSA) is 124 Å². The van der Waals surface area contributed by atoms with E-state index in [1.807, 2.05) is 0 Å². The van der Waals surface area contributed by atoms with Gasteiger partial charge in [0, 0.05) is 12.1 Å². The molecule has 0 aliphatic carbocycles. The van der Waals surface area contributed by atoms with Gasteiger partial charge in [0.25, 0.3) is 0 Å². The Balaban J connectivity index is 0. The molecule has 1 rings (SSSR count). The molecule has 0 unspecified atom stereocenters. The first-order valence-electron chi connectivity index (χ1n) is 13.5. The first-order chi connectivity index (χ1) is 16.6. The van der Waals surface area contributed by atoms with Crippen molar-refractivity contribution >= 4 is 7.82 Å². The molecule has 0 saturated carbocycles. The molecule has 0 atom stereocenters. The van der Waals surface area contributed by atoms with Gasteiger partial charge in [-0.3, -0.25) is 0 Å². The number of unbranched alkanes of at least 4 members (excludes halogenated alkanes) is 13. The molecule has 1 aromatic rings. The van der Waals surface area contributed by atoms with Crippen molar-refractivity contribution in [1.82, 2.24) is 0 Å². The summed E-state index contributed by atoms with van der Waals surface area (Å²) in [5, 5.41) is 7.75. The normalized spacial score (nSPS) is 11.3. The standard InChI is InChI=1S/C25H46N.C2H7NO.H3O4P/c1-4-5-6-7-8-9-10-11-12-13-14-15-16-20-23-26(2,3)24-25-21-18-17-19-22-25;3-1-2-4;1-5(2,3)4/h17-19,21-22H,4-16,20,23-24H2,1-3H3;4H,1-3H2;(H3,1,2,3,4)/q+1;;. The van der Waals surface area contributed by atoms with Gasteiger partial charge >= 0.3 is 7.82 Å². The minimum atomic E-state index is -4.64. The Hall–Kier alpha value is -0.790. The molecule has 0 spiro atoms. The van der Waals surface area contributed by atoms with Crippen LogP contribution in [0.1, 0.15) is 102 Å². The van der Waals surface area contributed by atoms with E-state index in [9.17, 15) is 0 Å². The van der Waals surface area contributed by atoms with Gasteiger partial charge in [-0.05, 0) is 12.8 Å². The lowest BCUT2D eigenvalue weighted by Crippen LogP contribution is -2.39. The van der Waals surface area contributed by atoms with E-state index >= 15 is 0 Å². The molecule has 0 bridgehead atoms. The number of nitrogens with zero attached hydrogens (tertiary/aromatic N) is 1. The summed E-state index contributed by atoms with van der Waals surface area (Å²) in [7, 11) is 0.102. The predicted octanol–water partition coefficient (Wildman–Crippen LogP) is 5.75. The Bertz CT molecular complexity index is 586. The van der Waals surface area contributed by atoms with Crippen LogP contribution in [0.15, 0.2) is 30.3 Å². The molecular formula is C27H56N2O5P+. The lowest BCUT2D eigenvalue weighted by Gasteiger charge is -2.30. The Kier molecular flexibility index (Phi) is 25.9. The zero-order chi connectivity index (χ0) is 26.8. The van der Waals surface area contributed by atoms with Crippen molar-refractivity contribution in [3.8, 4) is 0 Å². The summed E-state index contributed by atoms with van der Waals surface area (Å²) < 4.78 is 10.00. The van der Waals surface area contributed by atoms with Crippen molar-refractivity contribution in [2.75, 3.05) is 33.8 Å². The van der Waals surface area contributed by atoms with Crippen molar-refractivity contribution in [2.45, 2.75) is 103 Å². The van der Waals surface area contributed by atoms with Crippen LogP contribution in [0.25, 0.3) is 0 Å². The third-order valence-electron chi connectivity index (χ3n) is 5.70. The molecule has 0 aromatic heterocycles. The van der Waals surface area contributed by atoms with Gasteiger partial charge in [0.05, 0.1) is 27.2 Å². The first-order valence-corrected chi connectivity index (χ1v) is 15.1. The van der Waals surface area contributed by atoms with Crippen LogP contribution >= 0.6 is 7.82 Å². The van der Waals surface area contributed by atoms with Gasteiger partial charge in [-0.25, -0.2) is 4.57 Å². The van der Waals surface area contributed by atoms with Gasteiger partial charge in [-0.2, -0.15) is 0 Å². The van der Waals surface area contributed by atoms with Gasteiger partial charge in [0.2, 0.25) is 0 Å². The zero-order valence-corrected chi connectivity index (χ0v) is 23.7. The fourth-order valence-corrected chi connectivity index (χ4v) is 3.89. The molecule has 0 saturated heterocycles. The van der Waals surface area contributed by atoms with Crippen molar-refractivity contribution < 1.29 is 28.8 Å². The summed E-state index contributed by atoms with van der Waals surface area (Å²) in [6.07, 6.45) is 20.2. The molecule has 6 N–H and O–H groups in total. The average molecular weight is 520 g/mol. The SMILES string of the molecule is CCCCCCCCCCCCCCCC[N+](C)(C)Cc1ccccc1.NCCO.O=P(O)(O)O. The fourth-order valence-electron chi connectivity index (χ4n) is 3.89. The molecule has 0 fully saturated rings. The van der Waals surface area contributed by atoms with Crippen LogP contribution < -0.4 is 5.73 Å². The van der Waals surface area contributed by atoms with Crippen molar-refractivity contribution in [3.63, 3.8) is 0 Å². The van der Waals surface area contributed by atoms with Gasteiger partial charge in [0.15, 0.2) is 0 Å². The Morgan fingerprint density at radius 3 is 1.43 bits per heavy atom. The number of rotatable bonds is 18. The minimum Gasteiger partial charge on any atom is -0.395 e. The van der Waals surface area contributed by atoms with Gasteiger partial charge in [0.1, 0.15) is 6.54 Å². The molecule has 0 heterocycles. The van der Waals surface area contributed by atoms with Crippen molar-refractivity contribution in [1.29, 1.82) is 0 Å². The van der Waals surface area contributed by atoms with Crippen molar-refractivity contribution in [3.05, 3.63) is 35.9 Å². The maximum Gasteiger partial charge on any atom is 0.466 e. The Labute approximate surface area is 215 Å². The predicted molar refractivity (Wildman–Crippen MR) is 148 cm³/mol. The lowest BCUT2D eigenvalue weighted by molar-refractivity contribution is -0.903. The van der Waals surface area contributed by atoms with Crippen molar-refractivity contribution in [2.24, 2.45) is 5.73 Å². The number of quaternary nitrogens is 1. The number of phosphoric acid groups is 1. The lowest BCUT2D eigenvalue weighted by atomic mass is 10.0. The van der Waals surface area contributed by atoms with Crippen LogP contribution in [0.5, 0.6) is 0 Å². The number of benzene rings is 1. The molecule has 0 aliphatic rings. The van der Waals surface area contributed by atoms with Crippen LogP contribution in [0.4, 0.5) is 0 Å². The molecule has 8 heteroatoms. The van der Waals surface area contributed by atoms with E-state index in [2.05, 4.69) is 51.4 Å². The van der Waals surface area contributed by atoms with Gasteiger partial charge in [-0.15, -0.1) is 0 Å². The minimum absolute atomic E-state index is 0.0972. The number of nitrogens with two attached hydrogens (primary N) is 1. The van der Waals surface area contributed by atoms with Gasteiger partial charge in [-0.1, -0.05) is 114 Å². The average Bonchev–Trinajstić information content (AvgIpc) is 2.78. The molecule has 35 heavy (non-hydrogen) atoms. The van der Waals surface area contributed by atoms with Crippen LogP contribution in [0.2, 0.25) is 0 Å².